The molecule has 0 amide bonds. The SMILES string of the molecule is CCn1cc([C@H](C#N)N2CCC(c3ccccc3)=N2)c(C)n1. The number of nitrogens with zero attached hydrogens (tertiary/aromatic N) is 5. The van der Waals surface area contributed by atoms with E-state index in [0.717, 1.165) is 42.0 Å². The Morgan fingerprint density at radius 3 is 2.73 bits per heavy atom. The van der Waals surface area contributed by atoms with Gasteiger partial charge in [-0.05, 0) is 19.4 Å². The van der Waals surface area contributed by atoms with Crippen LogP contribution >= 0.6 is 0 Å². The van der Waals surface area contributed by atoms with E-state index < -0.39 is 0 Å². The van der Waals surface area contributed by atoms with Crippen molar-refractivity contribution in [2.75, 3.05) is 6.54 Å². The van der Waals surface area contributed by atoms with E-state index in [2.05, 4.69) is 28.4 Å². The lowest BCUT2D eigenvalue weighted by Crippen LogP contribution is -2.20. The number of hydrogen-bond acceptors (Lipinski definition) is 4. The van der Waals surface area contributed by atoms with E-state index in [1.54, 1.807) is 0 Å². The molecule has 0 N–H and O–H groups in total. The monoisotopic (exact) mass is 293 g/mol. The number of hydrogen-bond donors (Lipinski definition) is 0. The number of rotatable bonds is 4. The minimum Gasteiger partial charge on any atom is -0.274 e. The quantitative estimate of drug-likeness (QED) is 0.871. The summed E-state index contributed by atoms with van der Waals surface area (Å²) in [6, 6.07) is 12.1. The molecule has 0 spiro atoms. The van der Waals surface area contributed by atoms with E-state index >= 15 is 0 Å². The van der Waals surface area contributed by atoms with E-state index in [1.807, 2.05) is 47.9 Å². The second kappa shape index (κ2) is 6.02. The number of hydrazone groups is 1. The summed E-state index contributed by atoms with van der Waals surface area (Å²) in [6.45, 7) is 5.56. The minimum absolute atomic E-state index is 0.374. The van der Waals surface area contributed by atoms with Crippen molar-refractivity contribution >= 4 is 5.71 Å². The molecule has 3 rings (SSSR count). The Hall–Kier alpha value is -2.61. The van der Waals surface area contributed by atoms with Gasteiger partial charge in [0.15, 0.2) is 6.04 Å². The van der Waals surface area contributed by atoms with Gasteiger partial charge in [0, 0.05) is 31.3 Å². The standard InChI is InChI=1S/C17H19N5/c1-3-21-12-15(13(2)19-21)17(11-18)22-10-9-16(20-22)14-7-5-4-6-8-14/h4-8,12,17H,3,9-10H2,1-2H3/t17-/m0/s1. The van der Waals surface area contributed by atoms with Crippen molar-refractivity contribution in [2.45, 2.75) is 32.9 Å². The molecule has 5 heteroatoms. The lowest BCUT2D eigenvalue weighted by Gasteiger charge is -2.19. The van der Waals surface area contributed by atoms with Gasteiger partial charge in [-0.15, -0.1) is 0 Å². The zero-order chi connectivity index (χ0) is 15.5. The highest BCUT2D eigenvalue weighted by molar-refractivity contribution is 6.01. The van der Waals surface area contributed by atoms with Crippen LogP contribution in [-0.2, 0) is 6.54 Å². The zero-order valence-corrected chi connectivity index (χ0v) is 12.9. The molecule has 112 valence electrons. The summed E-state index contributed by atoms with van der Waals surface area (Å²) in [5, 5.41) is 20.6. The van der Waals surface area contributed by atoms with Crippen LogP contribution in [0.25, 0.3) is 0 Å². The Morgan fingerprint density at radius 2 is 2.09 bits per heavy atom. The average Bonchev–Trinajstić information content (AvgIpc) is 3.17. The average molecular weight is 293 g/mol. The molecule has 0 radical (unpaired) electrons. The normalized spacial score (nSPS) is 15.5. The van der Waals surface area contributed by atoms with Crippen LogP contribution in [-0.4, -0.2) is 27.0 Å². The van der Waals surface area contributed by atoms with Crippen LogP contribution in [0.3, 0.4) is 0 Å². The van der Waals surface area contributed by atoms with Crippen molar-refractivity contribution in [2.24, 2.45) is 5.10 Å². The smallest absolute Gasteiger partial charge is 0.161 e. The first-order chi connectivity index (χ1) is 10.7. The first-order valence-electron chi connectivity index (χ1n) is 7.56. The Balaban J connectivity index is 1.88. The Labute approximate surface area is 130 Å². The van der Waals surface area contributed by atoms with Crippen molar-refractivity contribution in [3.8, 4) is 6.07 Å². The third-order valence-corrected chi connectivity index (χ3v) is 3.96. The third kappa shape index (κ3) is 2.60. The molecule has 1 aromatic heterocycles. The Morgan fingerprint density at radius 1 is 1.32 bits per heavy atom. The number of nitriles is 1. The number of aromatic nitrogens is 2. The Bertz CT molecular complexity index is 723. The first kappa shape index (κ1) is 14.3. The van der Waals surface area contributed by atoms with Gasteiger partial charge in [0.2, 0.25) is 0 Å². The van der Waals surface area contributed by atoms with Crippen molar-refractivity contribution < 1.29 is 0 Å². The molecule has 0 unspecified atom stereocenters. The maximum absolute atomic E-state index is 9.61. The van der Waals surface area contributed by atoms with Crippen LogP contribution in [0.4, 0.5) is 0 Å². The van der Waals surface area contributed by atoms with Crippen LogP contribution in [0.2, 0.25) is 0 Å². The topological polar surface area (TPSA) is 57.2 Å². The molecule has 0 saturated heterocycles. The molecular weight excluding hydrogens is 274 g/mol. The number of aryl methyl sites for hydroxylation is 2. The van der Waals surface area contributed by atoms with Gasteiger partial charge in [-0.25, -0.2) is 0 Å². The second-order valence-electron chi connectivity index (χ2n) is 5.38. The van der Waals surface area contributed by atoms with Gasteiger partial charge in [0.05, 0.1) is 17.5 Å². The number of benzene rings is 1. The van der Waals surface area contributed by atoms with Crippen molar-refractivity contribution in [3.63, 3.8) is 0 Å². The fourth-order valence-corrected chi connectivity index (χ4v) is 2.76. The molecule has 1 aliphatic heterocycles. The molecule has 0 fully saturated rings. The second-order valence-corrected chi connectivity index (χ2v) is 5.38. The van der Waals surface area contributed by atoms with Crippen molar-refractivity contribution in [3.05, 3.63) is 53.3 Å². The van der Waals surface area contributed by atoms with E-state index in [9.17, 15) is 5.26 Å². The van der Waals surface area contributed by atoms with Gasteiger partial charge < -0.3 is 0 Å². The van der Waals surface area contributed by atoms with Crippen LogP contribution in [0.5, 0.6) is 0 Å². The summed E-state index contributed by atoms with van der Waals surface area (Å²) in [7, 11) is 0. The maximum atomic E-state index is 9.61. The van der Waals surface area contributed by atoms with E-state index in [0.29, 0.717) is 0 Å². The summed E-state index contributed by atoms with van der Waals surface area (Å²) in [5.41, 5.74) is 4.02. The molecule has 1 aromatic carbocycles. The van der Waals surface area contributed by atoms with Gasteiger partial charge in [-0.2, -0.15) is 15.5 Å². The van der Waals surface area contributed by atoms with Crippen molar-refractivity contribution in [1.29, 1.82) is 5.26 Å². The molecule has 0 aliphatic carbocycles. The molecule has 2 aromatic rings. The molecule has 0 bridgehead atoms. The van der Waals surface area contributed by atoms with Crippen LogP contribution in [0, 0.1) is 18.3 Å². The van der Waals surface area contributed by atoms with Gasteiger partial charge >= 0.3 is 0 Å². The molecule has 5 nitrogen and oxygen atoms in total. The highest BCUT2D eigenvalue weighted by atomic mass is 15.5. The van der Waals surface area contributed by atoms with E-state index in [4.69, 9.17) is 0 Å². The third-order valence-electron chi connectivity index (χ3n) is 3.96. The maximum Gasteiger partial charge on any atom is 0.161 e. The summed E-state index contributed by atoms with van der Waals surface area (Å²) >= 11 is 0. The Kier molecular flexibility index (Phi) is 3.92. The minimum atomic E-state index is -0.374. The predicted octanol–water partition coefficient (Wildman–Crippen LogP) is 2.89. The van der Waals surface area contributed by atoms with Gasteiger partial charge in [0.1, 0.15) is 0 Å². The van der Waals surface area contributed by atoms with E-state index in [1.165, 1.54) is 0 Å². The highest BCUT2D eigenvalue weighted by Crippen LogP contribution is 2.27. The molecule has 0 saturated carbocycles. The highest BCUT2D eigenvalue weighted by Gasteiger charge is 2.27. The van der Waals surface area contributed by atoms with Crippen LogP contribution in [0.1, 0.15) is 36.2 Å². The summed E-state index contributed by atoms with van der Waals surface area (Å²) in [6.07, 6.45) is 2.82. The predicted molar refractivity (Wildman–Crippen MR) is 85.3 cm³/mol. The summed E-state index contributed by atoms with van der Waals surface area (Å²) in [4.78, 5) is 0. The largest absolute Gasteiger partial charge is 0.274 e. The fourth-order valence-electron chi connectivity index (χ4n) is 2.76. The van der Waals surface area contributed by atoms with Crippen molar-refractivity contribution in [1.82, 2.24) is 14.8 Å². The van der Waals surface area contributed by atoms with E-state index in [-0.39, 0.29) is 6.04 Å². The lowest BCUT2D eigenvalue weighted by molar-refractivity contribution is 0.274. The molecule has 1 aliphatic rings. The zero-order valence-electron chi connectivity index (χ0n) is 12.9. The lowest BCUT2D eigenvalue weighted by atomic mass is 10.1. The first-order valence-corrected chi connectivity index (χ1v) is 7.56. The molecule has 1 atom stereocenters. The molecular formula is C17H19N5. The van der Waals surface area contributed by atoms with Gasteiger partial charge in [-0.3, -0.25) is 9.69 Å². The molecule has 2 heterocycles. The summed E-state index contributed by atoms with van der Waals surface area (Å²) < 4.78 is 1.87. The summed E-state index contributed by atoms with van der Waals surface area (Å²) in [5.74, 6) is 0. The van der Waals surface area contributed by atoms with Crippen LogP contribution in [0.15, 0.2) is 41.6 Å². The van der Waals surface area contributed by atoms with Gasteiger partial charge in [-0.1, -0.05) is 30.3 Å². The van der Waals surface area contributed by atoms with Crippen LogP contribution < -0.4 is 0 Å². The van der Waals surface area contributed by atoms with Gasteiger partial charge in [0.25, 0.3) is 0 Å². The molecule has 22 heavy (non-hydrogen) atoms. The fraction of sp³-hybridized carbons (Fsp3) is 0.353.